The van der Waals surface area contributed by atoms with Gasteiger partial charge in [0.1, 0.15) is 0 Å². The van der Waals surface area contributed by atoms with E-state index in [1.165, 1.54) is 0 Å². The van der Waals surface area contributed by atoms with Gasteiger partial charge in [0.05, 0.1) is 24.0 Å². The van der Waals surface area contributed by atoms with E-state index < -0.39 is 17.8 Å². The fraction of sp³-hybridized carbons (Fsp3) is 0.429. The van der Waals surface area contributed by atoms with E-state index in [0.717, 1.165) is 6.42 Å². The minimum atomic E-state index is -0.964. The van der Waals surface area contributed by atoms with Crippen molar-refractivity contribution < 1.29 is 19.4 Å². The highest BCUT2D eigenvalue weighted by atomic mass is 35.5. The van der Waals surface area contributed by atoms with Gasteiger partial charge < -0.3 is 15.2 Å². The molecule has 0 spiro atoms. The number of amides is 1. The molecule has 4 atom stereocenters. The Morgan fingerprint density at radius 2 is 1.75 bits per heavy atom. The van der Waals surface area contributed by atoms with Crippen molar-refractivity contribution in [3.05, 3.63) is 29.3 Å². The second-order valence-corrected chi connectivity index (χ2v) is 5.61. The number of ether oxygens (including phenoxy) is 1. The van der Waals surface area contributed by atoms with Gasteiger partial charge >= 0.3 is 5.97 Å². The number of nitrogens with one attached hydrogen (secondary N) is 1. The van der Waals surface area contributed by atoms with Crippen molar-refractivity contribution in [1.82, 2.24) is 0 Å². The van der Waals surface area contributed by atoms with Crippen molar-refractivity contribution in [3.8, 4) is 0 Å². The van der Waals surface area contributed by atoms with Crippen LogP contribution < -0.4 is 5.32 Å². The normalized spacial score (nSPS) is 31.2. The third-order valence-corrected chi connectivity index (χ3v) is 4.22. The summed E-state index contributed by atoms with van der Waals surface area (Å²) in [5.74, 6) is -2.64. The van der Waals surface area contributed by atoms with E-state index in [9.17, 15) is 14.7 Å². The van der Waals surface area contributed by atoms with Crippen LogP contribution in [0.5, 0.6) is 0 Å². The van der Waals surface area contributed by atoms with Crippen molar-refractivity contribution in [2.45, 2.75) is 25.0 Å². The topological polar surface area (TPSA) is 75.6 Å². The third-order valence-electron chi connectivity index (χ3n) is 3.97. The first-order chi connectivity index (χ1) is 9.56. The Labute approximate surface area is 120 Å². The SMILES string of the molecule is O=C(O)[C@@H]1[C@@H](C(=O)Nc2ccc(Cl)cc2)[C@H]2CC[C@H]1O2. The highest BCUT2D eigenvalue weighted by Gasteiger charge is 2.55. The molecule has 0 radical (unpaired) electrons. The van der Waals surface area contributed by atoms with Crippen LogP contribution in [-0.4, -0.2) is 29.2 Å². The number of carbonyl (C=O) groups is 2. The number of rotatable bonds is 3. The molecule has 0 aliphatic carbocycles. The van der Waals surface area contributed by atoms with Gasteiger partial charge in [0, 0.05) is 10.7 Å². The van der Waals surface area contributed by atoms with E-state index >= 15 is 0 Å². The molecule has 0 unspecified atom stereocenters. The lowest BCUT2D eigenvalue weighted by Gasteiger charge is -2.23. The highest BCUT2D eigenvalue weighted by Crippen LogP contribution is 2.44. The summed E-state index contributed by atoms with van der Waals surface area (Å²) in [5, 5.41) is 12.6. The van der Waals surface area contributed by atoms with Gasteiger partial charge in [-0.15, -0.1) is 0 Å². The predicted molar refractivity (Wildman–Crippen MR) is 72.6 cm³/mol. The maximum absolute atomic E-state index is 12.3. The summed E-state index contributed by atoms with van der Waals surface area (Å²) in [5.41, 5.74) is 0.603. The fourth-order valence-electron chi connectivity index (χ4n) is 3.08. The van der Waals surface area contributed by atoms with E-state index in [2.05, 4.69) is 5.32 Å². The van der Waals surface area contributed by atoms with E-state index in [0.29, 0.717) is 17.1 Å². The van der Waals surface area contributed by atoms with Crippen LogP contribution in [0, 0.1) is 11.8 Å². The molecule has 3 rings (SSSR count). The quantitative estimate of drug-likeness (QED) is 0.896. The van der Waals surface area contributed by atoms with Crippen molar-refractivity contribution in [3.63, 3.8) is 0 Å². The Bertz CT molecular complexity index is 545. The minimum Gasteiger partial charge on any atom is -0.481 e. The van der Waals surface area contributed by atoms with Gasteiger partial charge in [-0.3, -0.25) is 9.59 Å². The van der Waals surface area contributed by atoms with Crippen LogP contribution in [0.3, 0.4) is 0 Å². The molecule has 0 saturated carbocycles. The molecular weight excluding hydrogens is 282 g/mol. The van der Waals surface area contributed by atoms with Crippen molar-refractivity contribution in [1.29, 1.82) is 0 Å². The summed E-state index contributed by atoms with van der Waals surface area (Å²) in [6.07, 6.45) is 0.839. The van der Waals surface area contributed by atoms with Gasteiger partial charge in [0.25, 0.3) is 0 Å². The summed E-state index contributed by atoms with van der Waals surface area (Å²) in [4.78, 5) is 23.6. The van der Waals surface area contributed by atoms with Crippen molar-refractivity contribution in [2.24, 2.45) is 11.8 Å². The molecule has 1 amide bonds. The molecule has 2 N–H and O–H groups in total. The molecule has 20 heavy (non-hydrogen) atoms. The van der Waals surface area contributed by atoms with E-state index in [4.69, 9.17) is 16.3 Å². The van der Waals surface area contributed by atoms with Crippen LogP contribution in [0.1, 0.15) is 12.8 Å². The first kappa shape index (κ1) is 13.4. The Hall–Kier alpha value is -1.59. The molecule has 5 nitrogen and oxygen atoms in total. The zero-order chi connectivity index (χ0) is 14.3. The lowest BCUT2D eigenvalue weighted by atomic mass is 9.78. The zero-order valence-electron chi connectivity index (χ0n) is 10.6. The Kier molecular flexibility index (Phi) is 3.40. The van der Waals surface area contributed by atoms with Gasteiger partial charge in [0.15, 0.2) is 0 Å². The van der Waals surface area contributed by atoms with E-state index in [-0.39, 0.29) is 18.1 Å². The number of halogens is 1. The predicted octanol–water partition coefficient (Wildman–Crippen LogP) is 2.16. The molecule has 2 aliphatic heterocycles. The Balaban J connectivity index is 1.76. The standard InChI is InChI=1S/C14H14ClNO4/c15-7-1-3-8(4-2-7)16-13(17)11-9-5-6-10(20-9)12(11)14(18)19/h1-4,9-12H,5-6H2,(H,16,17)(H,18,19)/t9-,10-,11+,12+/m1/s1. The molecule has 1 aromatic rings. The highest BCUT2D eigenvalue weighted by molar-refractivity contribution is 6.30. The van der Waals surface area contributed by atoms with Crippen LogP contribution in [0.25, 0.3) is 0 Å². The van der Waals surface area contributed by atoms with Crippen molar-refractivity contribution in [2.75, 3.05) is 5.32 Å². The average molecular weight is 296 g/mol. The summed E-state index contributed by atoms with van der Waals surface area (Å²) in [6.45, 7) is 0. The first-order valence-electron chi connectivity index (χ1n) is 6.51. The average Bonchev–Trinajstić information content (AvgIpc) is 3.01. The molecule has 2 fully saturated rings. The number of carboxylic acids is 1. The van der Waals surface area contributed by atoms with E-state index in [1.807, 2.05) is 0 Å². The first-order valence-corrected chi connectivity index (χ1v) is 6.89. The maximum atomic E-state index is 12.3. The molecule has 2 heterocycles. The summed E-state index contributed by atoms with van der Waals surface area (Å²) >= 11 is 5.78. The smallest absolute Gasteiger partial charge is 0.310 e. The lowest BCUT2D eigenvalue weighted by Crippen LogP contribution is -2.40. The molecular formula is C14H14ClNO4. The number of carbonyl (C=O) groups excluding carboxylic acids is 1. The molecule has 106 valence electrons. The number of hydrogen-bond donors (Lipinski definition) is 2. The monoisotopic (exact) mass is 295 g/mol. The third kappa shape index (κ3) is 2.27. The van der Waals surface area contributed by atoms with Gasteiger partial charge in [-0.05, 0) is 37.1 Å². The Morgan fingerprint density at radius 3 is 2.35 bits per heavy atom. The molecule has 1 aromatic carbocycles. The maximum Gasteiger partial charge on any atom is 0.310 e. The molecule has 2 aliphatic rings. The van der Waals surface area contributed by atoms with Gasteiger partial charge in [-0.2, -0.15) is 0 Å². The molecule has 6 heteroatoms. The second-order valence-electron chi connectivity index (χ2n) is 5.18. The van der Waals surface area contributed by atoms with Gasteiger partial charge in [0.2, 0.25) is 5.91 Å². The number of benzene rings is 1. The Morgan fingerprint density at radius 1 is 1.15 bits per heavy atom. The summed E-state index contributed by atoms with van der Waals surface area (Å²) < 4.78 is 5.57. The lowest BCUT2D eigenvalue weighted by molar-refractivity contribution is -0.147. The van der Waals surface area contributed by atoms with Crippen LogP contribution in [0.15, 0.2) is 24.3 Å². The van der Waals surface area contributed by atoms with E-state index in [1.54, 1.807) is 24.3 Å². The summed E-state index contributed by atoms with van der Waals surface area (Å²) in [7, 11) is 0. The molecule has 0 aromatic heterocycles. The molecule has 2 saturated heterocycles. The minimum absolute atomic E-state index is 0.284. The van der Waals surface area contributed by atoms with Gasteiger partial charge in [-0.1, -0.05) is 11.6 Å². The largest absolute Gasteiger partial charge is 0.481 e. The van der Waals surface area contributed by atoms with Crippen LogP contribution in [0.2, 0.25) is 5.02 Å². The number of fused-ring (bicyclic) bond motifs is 2. The molecule has 2 bridgehead atoms. The van der Waals surface area contributed by atoms with Crippen LogP contribution in [0.4, 0.5) is 5.69 Å². The fourth-order valence-corrected chi connectivity index (χ4v) is 3.21. The van der Waals surface area contributed by atoms with Crippen LogP contribution >= 0.6 is 11.6 Å². The second kappa shape index (κ2) is 5.07. The number of carboxylic acid groups (broad SMARTS) is 1. The number of hydrogen-bond acceptors (Lipinski definition) is 3. The zero-order valence-corrected chi connectivity index (χ0v) is 11.3. The van der Waals surface area contributed by atoms with Crippen molar-refractivity contribution >= 4 is 29.2 Å². The summed E-state index contributed by atoms with van der Waals surface area (Å²) in [6, 6.07) is 6.71. The number of anilines is 1. The number of aliphatic carboxylic acids is 1. The van der Waals surface area contributed by atoms with Crippen LogP contribution in [-0.2, 0) is 14.3 Å². The van der Waals surface area contributed by atoms with Gasteiger partial charge in [-0.25, -0.2) is 0 Å².